The lowest BCUT2D eigenvalue weighted by molar-refractivity contribution is -0.143. The average molecular weight is 723 g/mol. The second-order valence-corrected chi connectivity index (χ2v) is 15.1. The fraction of sp³-hybridized carbons (Fsp3) is 0.450. The first-order valence-corrected chi connectivity index (χ1v) is 18.0. The van der Waals surface area contributed by atoms with Crippen LogP contribution in [0.5, 0.6) is 11.5 Å². The van der Waals surface area contributed by atoms with Crippen molar-refractivity contribution in [3.63, 3.8) is 0 Å². The zero-order valence-electron chi connectivity index (χ0n) is 30.5. The minimum Gasteiger partial charge on any atom is -0.497 e. The highest BCUT2D eigenvalue weighted by Gasteiger charge is 2.61. The van der Waals surface area contributed by atoms with Gasteiger partial charge in [-0.25, -0.2) is 9.78 Å². The zero-order chi connectivity index (χ0) is 37.9. The molecule has 53 heavy (non-hydrogen) atoms. The lowest BCUT2D eigenvalue weighted by Crippen LogP contribution is -2.59. The second kappa shape index (κ2) is 15.1. The molecule has 4 amide bonds. The quantitative estimate of drug-likeness (QED) is 0.140. The number of amides is 4. The van der Waals surface area contributed by atoms with Gasteiger partial charge in [0.15, 0.2) is 6.19 Å². The summed E-state index contributed by atoms with van der Waals surface area (Å²) in [6.45, 7) is 9.27. The predicted molar refractivity (Wildman–Crippen MR) is 196 cm³/mol. The lowest BCUT2D eigenvalue weighted by atomic mass is 9.85. The molecule has 6 rings (SSSR count). The first-order chi connectivity index (χ1) is 25.4. The summed E-state index contributed by atoms with van der Waals surface area (Å²) >= 11 is 0. The largest absolute Gasteiger partial charge is 0.497 e. The van der Waals surface area contributed by atoms with E-state index in [0.717, 1.165) is 31.2 Å². The number of nitriles is 1. The molecule has 13 nitrogen and oxygen atoms in total. The molecule has 0 spiro atoms. The number of carbonyl (C=O) groups is 4. The van der Waals surface area contributed by atoms with Crippen molar-refractivity contribution in [2.75, 3.05) is 13.7 Å². The molecule has 2 aromatic carbocycles. The van der Waals surface area contributed by atoms with Gasteiger partial charge in [0.05, 0.1) is 24.9 Å². The topological polar surface area (TPSA) is 172 Å². The number of nitrogens with zero attached hydrogens (tertiary/aromatic N) is 3. The smallest absolute Gasteiger partial charge is 0.408 e. The van der Waals surface area contributed by atoms with Crippen molar-refractivity contribution in [1.82, 2.24) is 25.8 Å². The highest BCUT2D eigenvalue weighted by atomic mass is 16.6. The molecule has 0 radical (unpaired) electrons. The maximum Gasteiger partial charge on any atom is 0.408 e. The van der Waals surface area contributed by atoms with E-state index in [4.69, 9.17) is 19.2 Å². The zero-order valence-corrected chi connectivity index (χ0v) is 30.5. The molecule has 3 aromatic rings. The molecule has 2 aliphatic carbocycles. The number of pyridine rings is 1. The van der Waals surface area contributed by atoms with Gasteiger partial charge in [-0.2, -0.15) is 5.26 Å². The number of hydrogen-bond acceptors (Lipinski definition) is 9. The minimum atomic E-state index is -1.38. The van der Waals surface area contributed by atoms with E-state index in [1.807, 2.05) is 69.3 Å². The molecule has 1 unspecified atom stereocenters. The lowest BCUT2D eigenvalue weighted by Gasteiger charge is -2.35. The number of alkyl carbamates (subject to hydrolysis) is 1. The number of benzene rings is 2. The Morgan fingerprint density at radius 1 is 1.08 bits per heavy atom. The fourth-order valence-electron chi connectivity index (χ4n) is 7.34. The van der Waals surface area contributed by atoms with Crippen LogP contribution < -0.4 is 25.4 Å². The van der Waals surface area contributed by atoms with Crippen LogP contribution in [0.4, 0.5) is 4.79 Å². The first kappa shape index (κ1) is 37.1. The fourth-order valence-corrected chi connectivity index (χ4v) is 7.34. The van der Waals surface area contributed by atoms with E-state index >= 15 is 0 Å². The van der Waals surface area contributed by atoms with Crippen LogP contribution >= 0.6 is 0 Å². The number of nitrogens with one attached hydrogen (secondary N) is 3. The number of ether oxygens (including phenoxy) is 3. The number of fused-ring (bicyclic) bond motifs is 1. The predicted octanol–water partition coefficient (Wildman–Crippen LogP) is 5.00. The van der Waals surface area contributed by atoms with Crippen LogP contribution in [-0.4, -0.2) is 77.2 Å². The molecule has 2 saturated carbocycles. The van der Waals surface area contributed by atoms with Crippen molar-refractivity contribution in [2.45, 2.75) is 89.1 Å². The molecule has 1 aromatic heterocycles. The van der Waals surface area contributed by atoms with Crippen molar-refractivity contribution < 1.29 is 33.4 Å². The molecule has 13 heteroatoms. The van der Waals surface area contributed by atoms with Crippen LogP contribution in [0.15, 0.2) is 67.3 Å². The van der Waals surface area contributed by atoms with E-state index < -0.39 is 58.9 Å². The van der Waals surface area contributed by atoms with Gasteiger partial charge in [0.1, 0.15) is 41.3 Å². The van der Waals surface area contributed by atoms with Crippen LogP contribution in [0.25, 0.3) is 22.2 Å². The van der Waals surface area contributed by atoms with Crippen LogP contribution in [0.3, 0.4) is 0 Å². The summed E-state index contributed by atoms with van der Waals surface area (Å²) in [5.41, 5.74) is 0.0187. The van der Waals surface area contributed by atoms with E-state index in [1.165, 1.54) is 4.90 Å². The summed E-state index contributed by atoms with van der Waals surface area (Å²) in [6.07, 6.45) is 5.44. The number of carbonyl (C=O) groups excluding carboxylic acids is 4. The highest BCUT2D eigenvalue weighted by molar-refractivity contribution is 5.99. The van der Waals surface area contributed by atoms with Crippen LogP contribution in [0, 0.1) is 22.8 Å². The summed E-state index contributed by atoms with van der Waals surface area (Å²) in [5, 5.41) is 17.7. The Kier molecular flexibility index (Phi) is 10.6. The summed E-state index contributed by atoms with van der Waals surface area (Å²) in [4.78, 5) is 61.2. The van der Waals surface area contributed by atoms with Crippen molar-refractivity contribution in [3.05, 3.63) is 67.3 Å². The van der Waals surface area contributed by atoms with Gasteiger partial charge in [-0.15, -0.1) is 6.58 Å². The number of aromatic nitrogens is 1. The normalized spacial score (nSPS) is 23.0. The molecule has 1 saturated heterocycles. The summed E-state index contributed by atoms with van der Waals surface area (Å²) in [7, 11) is 1.58. The number of rotatable bonds is 11. The monoisotopic (exact) mass is 722 g/mol. The molecular weight excluding hydrogens is 676 g/mol. The van der Waals surface area contributed by atoms with E-state index in [0.29, 0.717) is 28.1 Å². The Hall–Kier alpha value is -5.64. The first-order valence-electron chi connectivity index (χ1n) is 18.0. The molecule has 5 atom stereocenters. The van der Waals surface area contributed by atoms with E-state index in [2.05, 4.69) is 22.5 Å². The Bertz CT molecular complexity index is 1930. The van der Waals surface area contributed by atoms with Crippen molar-refractivity contribution in [2.24, 2.45) is 11.3 Å². The highest BCUT2D eigenvalue weighted by Crippen LogP contribution is 2.45. The summed E-state index contributed by atoms with van der Waals surface area (Å²) in [5.74, 6) is -1.01. The van der Waals surface area contributed by atoms with Gasteiger partial charge in [-0.3, -0.25) is 19.7 Å². The molecule has 278 valence electrons. The van der Waals surface area contributed by atoms with E-state index in [9.17, 15) is 24.4 Å². The van der Waals surface area contributed by atoms with Gasteiger partial charge >= 0.3 is 6.09 Å². The SMILES string of the molecule is C=CC1C[C@]1(NC(=O)[C@@H]1C[C@@H](Oc2cc(-c3ccccc3)nc3cc(OC)ccc23)CN1C(=O)[C@H](NC(=O)OC1CCCC1)C(C)(C)C)C(=O)NC#N. The van der Waals surface area contributed by atoms with Gasteiger partial charge in [0.25, 0.3) is 5.91 Å². The molecule has 3 fully saturated rings. The van der Waals surface area contributed by atoms with Gasteiger partial charge in [-0.1, -0.05) is 57.2 Å². The number of likely N-dealkylation sites (tertiary alicyclic amines) is 1. The summed E-state index contributed by atoms with van der Waals surface area (Å²) < 4.78 is 17.8. The van der Waals surface area contributed by atoms with Crippen molar-refractivity contribution in [3.8, 4) is 28.9 Å². The van der Waals surface area contributed by atoms with Gasteiger partial charge in [0.2, 0.25) is 11.8 Å². The molecular formula is C40H46N6O7. The van der Waals surface area contributed by atoms with Crippen molar-refractivity contribution >= 4 is 34.7 Å². The Balaban J connectivity index is 1.33. The maximum absolute atomic E-state index is 14.6. The number of methoxy groups -OCH3 is 1. The van der Waals surface area contributed by atoms with E-state index in [1.54, 1.807) is 25.4 Å². The molecule has 0 bridgehead atoms. The standard InChI is InChI=1S/C40H46N6O7/c1-6-25-21-40(25,37(49)42-23-41)45-35(47)32-19-28(22-46(32)36(48)34(39(2,3)4)44-38(50)53-26-14-10-11-15-26)52-33-20-30(24-12-8-7-9-13-24)43-31-18-27(51-5)16-17-29(31)33/h6-9,12-13,16-18,20,25-26,28,32,34H,1,10-11,14-15,19,21-22H2,2-5H3,(H,42,49)(H,44,50)(H,45,47)/t25?,28-,32+,34+,40-/m1/s1. The molecule has 2 heterocycles. The summed E-state index contributed by atoms with van der Waals surface area (Å²) in [6, 6.07) is 14.8. The minimum absolute atomic E-state index is 0.00573. The van der Waals surface area contributed by atoms with Gasteiger partial charge < -0.3 is 29.7 Å². The average Bonchev–Trinajstić information content (AvgIpc) is 3.39. The molecule has 3 N–H and O–H groups in total. The van der Waals surface area contributed by atoms with Crippen LogP contribution in [0.2, 0.25) is 0 Å². The third-order valence-corrected chi connectivity index (χ3v) is 10.4. The third kappa shape index (κ3) is 7.91. The number of hydrogen-bond donors (Lipinski definition) is 3. The van der Waals surface area contributed by atoms with Crippen LogP contribution in [0.1, 0.15) is 59.3 Å². The van der Waals surface area contributed by atoms with Gasteiger partial charge in [-0.05, 0) is 49.7 Å². The molecule has 1 aliphatic heterocycles. The second-order valence-electron chi connectivity index (χ2n) is 15.1. The molecule has 3 aliphatic rings. The maximum atomic E-state index is 14.6. The Morgan fingerprint density at radius 3 is 2.45 bits per heavy atom. The van der Waals surface area contributed by atoms with Crippen LogP contribution in [-0.2, 0) is 19.1 Å². The Labute approximate surface area is 309 Å². The third-order valence-electron chi connectivity index (χ3n) is 10.4. The van der Waals surface area contributed by atoms with E-state index in [-0.39, 0.29) is 25.5 Å². The van der Waals surface area contributed by atoms with Gasteiger partial charge in [0, 0.05) is 35.4 Å². The Morgan fingerprint density at radius 2 is 1.81 bits per heavy atom. The van der Waals surface area contributed by atoms with Crippen molar-refractivity contribution in [1.29, 1.82) is 5.26 Å².